The zero-order valence-electron chi connectivity index (χ0n) is 10.3. The van der Waals surface area contributed by atoms with Crippen molar-refractivity contribution >= 4 is 5.69 Å². The molecule has 1 aliphatic rings. The number of rotatable bonds is 2. The van der Waals surface area contributed by atoms with Gasteiger partial charge in [0.2, 0.25) is 0 Å². The van der Waals surface area contributed by atoms with E-state index < -0.39 is 0 Å². The molecule has 0 spiro atoms. The third-order valence-electron chi connectivity index (χ3n) is 3.20. The minimum absolute atomic E-state index is 0.492. The van der Waals surface area contributed by atoms with Gasteiger partial charge in [-0.1, -0.05) is 41.5 Å². The molecule has 16 heavy (non-hydrogen) atoms. The van der Waals surface area contributed by atoms with Gasteiger partial charge in [0.05, 0.1) is 6.04 Å². The SMILES string of the molecule is CC1=CCC(N(C)c2ccc(C)cc2)C=C1. The number of likely N-dealkylation sites (N-methyl/N-ethyl adjacent to an activating group) is 1. The molecular weight excluding hydrogens is 194 g/mol. The number of hydrogen-bond donors (Lipinski definition) is 0. The summed E-state index contributed by atoms with van der Waals surface area (Å²) in [7, 11) is 2.16. The lowest BCUT2D eigenvalue weighted by Gasteiger charge is -2.28. The first-order valence-corrected chi connectivity index (χ1v) is 5.81. The van der Waals surface area contributed by atoms with Crippen LogP contribution in [0, 0.1) is 6.92 Å². The third-order valence-corrected chi connectivity index (χ3v) is 3.20. The van der Waals surface area contributed by atoms with Gasteiger partial charge in [0.15, 0.2) is 0 Å². The minimum atomic E-state index is 0.492. The van der Waals surface area contributed by atoms with Crippen LogP contribution in [0.4, 0.5) is 5.69 Å². The highest BCUT2D eigenvalue weighted by atomic mass is 15.1. The van der Waals surface area contributed by atoms with Crippen LogP contribution in [0.25, 0.3) is 0 Å². The summed E-state index contributed by atoms with van der Waals surface area (Å²) < 4.78 is 0. The Bertz CT molecular complexity index is 412. The van der Waals surface area contributed by atoms with Crippen molar-refractivity contribution in [3.63, 3.8) is 0 Å². The van der Waals surface area contributed by atoms with Crippen molar-refractivity contribution in [1.82, 2.24) is 0 Å². The van der Waals surface area contributed by atoms with E-state index in [2.05, 4.69) is 68.3 Å². The van der Waals surface area contributed by atoms with Gasteiger partial charge >= 0.3 is 0 Å². The first-order valence-electron chi connectivity index (χ1n) is 5.81. The first-order chi connectivity index (χ1) is 7.66. The Balaban J connectivity index is 2.11. The molecule has 1 nitrogen and oxygen atoms in total. The summed E-state index contributed by atoms with van der Waals surface area (Å²) in [6, 6.07) is 9.20. The Morgan fingerprint density at radius 2 is 1.81 bits per heavy atom. The van der Waals surface area contributed by atoms with Crippen molar-refractivity contribution in [3.8, 4) is 0 Å². The molecule has 0 heterocycles. The van der Waals surface area contributed by atoms with Crippen LogP contribution < -0.4 is 4.90 Å². The summed E-state index contributed by atoms with van der Waals surface area (Å²) in [4.78, 5) is 2.33. The molecule has 1 aliphatic carbocycles. The van der Waals surface area contributed by atoms with E-state index in [9.17, 15) is 0 Å². The Morgan fingerprint density at radius 1 is 1.12 bits per heavy atom. The topological polar surface area (TPSA) is 3.24 Å². The second kappa shape index (κ2) is 4.56. The summed E-state index contributed by atoms with van der Waals surface area (Å²) >= 11 is 0. The van der Waals surface area contributed by atoms with Gasteiger partial charge in [0, 0.05) is 12.7 Å². The van der Waals surface area contributed by atoms with Crippen LogP contribution in [-0.2, 0) is 0 Å². The molecule has 0 radical (unpaired) electrons. The van der Waals surface area contributed by atoms with Gasteiger partial charge in [0.1, 0.15) is 0 Å². The van der Waals surface area contributed by atoms with E-state index in [1.165, 1.54) is 16.8 Å². The van der Waals surface area contributed by atoms with Crippen molar-refractivity contribution in [2.24, 2.45) is 0 Å². The largest absolute Gasteiger partial charge is 0.368 e. The van der Waals surface area contributed by atoms with E-state index in [1.807, 2.05) is 0 Å². The molecule has 0 fully saturated rings. The Morgan fingerprint density at radius 3 is 2.38 bits per heavy atom. The summed E-state index contributed by atoms with van der Waals surface area (Å²) in [6.45, 7) is 4.27. The highest BCUT2D eigenvalue weighted by Gasteiger charge is 2.13. The fourth-order valence-corrected chi connectivity index (χ4v) is 1.97. The summed E-state index contributed by atoms with van der Waals surface area (Å²) in [5, 5.41) is 0. The fraction of sp³-hybridized carbons (Fsp3) is 0.333. The van der Waals surface area contributed by atoms with Crippen LogP contribution in [0.2, 0.25) is 0 Å². The lowest BCUT2D eigenvalue weighted by molar-refractivity contribution is 0.749. The maximum atomic E-state index is 2.33. The quantitative estimate of drug-likeness (QED) is 0.724. The van der Waals surface area contributed by atoms with Gasteiger partial charge in [-0.25, -0.2) is 0 Å². The lowest BCUT2D eigenvalue weighted by atomic mass is 10.0. The average molecular weight is 213 g/mol. The maximum absolute atomic E-state index is 2.33. The monoisotopic (exact) mass is 213 g/mol. The van der Waals surface area contributed by atoms with Gasteiger partial charge in [-0.3, -0.25) is 0 Å². The fourth-order valence-electron chi connectivity index (χ4n) is 1.97. The van der Waals surface area contributed by atoms with Gasteiger partial charge in [0.25, 0.3) is 0 Å². The molecule has 1 heteroatoms. The maximum Gasteiger partial charge on any atom is 0.0507 e. The van der Waals surface area contributed by atoms with Gasteiger partial charge in [-0.15, -0.1) is 0 Å². The molecular formula is C15H19N. The second-order valence-electron chi connectivity index (χ2n) is 4.56. The molecule has 1 unspecified atom stereocenters. The van der Waals surface area contributed by atoms with Crippen molar-refractivity contribution < 1.29 is 0 Å². The molecule has 1 aromatic carbocycles. The first kappa shape index (κ1) is 11.0. The van der Waals surface area contributed by atoms with Crippen molar-refractivity contribution in [2.75, 3.05) is 11.9 Å². The minimum Gasteiger partial charge on any atom is -0.368 e. The highest BCUT2D eigenvalue weighted by molar-refractivity contribution is 5.49. The standard InChI is InChI=1S/C15H19N/c1-12-4-8-14(9-5-12)16(3)15-10-6-13(2)7-11-15/h4-10,15H,11H2,1-3H3. The third kappa shape index (κ3) is 2.35. The predicted octanol–water partition coefficient (Wildman–Crippen LogP) is 3.71. The normalized spacial score (nSPS) is 19.4. The van der Waals surface area contributed by atoms with Crippen LogP contribution in [0.3, 0.4) is 0 Å². The van der Waals surface area contributed by atoms with Gasteiger partial charge in [-0.2, -0.15) is 0 Å². The zero-order chi connectivity index (χ0) is 11.5. The van der Waals surface area contributed by atoms with Crippen LogP contribution in [0.5, 0.6) is 0 Å². The molecule has 1 aromatic rings. The van der Waals surface area contributed by atoms with Crippen molar-refractivity contribution in [1.29, 1.82) is 0 Å². The zero-order valence-corrected chi connectivity index (χ0v) is 10.3. The Hall–Kier alpha value is -1.50. The van der Waals surface area contributed by atoms with E-state index in [1.54, 1.807) is 0 Å². The number of aryl methyl sites for hydroxylation is 1. The number of nitrogens with zero attached hydrogens (tertiary/aromatic N) is 1. The van der Waals surface area contributed by atoms with E-state index in [0.717, 1.165) is 6.42 Å². The van der Waals surface area contributed by atoms with Crippen LogP contribution in [0.15, 0.2) is 48.1 Å². The smallest absolute Gasteiger partial charge is 0.0507 e. The average Bonchev–Trinajstić information content (AvgIpc) is 2.30. The predicted molar refractivity (Wildman–Crippen MR) is 70.9 cm³/mol. The van der Waals surface area contributed by atoms with E-state index in [-0.39, 0.29) is 0 Å². The molecule has 0 bridgehead atoms. The summed E-state index contributed by atoms with van der Waals surface area (Å²) in [6.07, 6.45) is 7.90. The molecule has 0 N–H and O–H groups in total. The number of anilines is 1. The molecule has 0 amide bonds. The van der Waals surface area contributed by atoms with Gasteiger partial charge in [-0.05, 0) is 32.4 Å². The molecule has 2 rings (SSSR count). The van der Waals surface area contributed by atoms with Crippen LogP contribution in [-0.4, -0.2) is 13.1 Å². The van der Waals surface area contributed by atoms with Crippen molar-refractivity contribution in [3.05, 3.63) is 53.6 Å². The number of hydrogen-bond acceptors (Lipinski definition) is 1. The van der Waals surface area contributed by atoms with Crippen LogP contribution in [0.1, 0.15) is 18.9 Å². The summed E-state index contributed by atoms with van der Waals surface area (Å²) in [5.41, 5.74) is 3.97. The second-order valence-corrected chi connectivity index (χ2v) is 4.56. The van der Waals surface area contributed by atoms with E-state index in [0.29, 0.717) is 6.04 Å². The molecule has 84 valence electrons. The summed E-state index contributed by atoms with van der Waals surface area (Å²) in [5.74, 6) is 0. The molecule has 0 aromatic heterocycles. The molecule has 0 aliphatic heterocycles. The molecule has 1 atom stereocenters. The number of benzene rings is 1. The van der Waals surface area contributed by atoms with E-state index >= 15 is 0 Å². The van der Waals surface area contributed by atoms with E-state index in [4.69, 9.17) is 0 Å². The molecule has 0 saturated carbocycles. The highest BCUT2D eigenvalue weighted by Crippen LogP contribution is 2.21. The van der Waals surface area contributed by atoms with Crippen LogP contribution >= 0.6 is 0 Å². The van der Waals surface area contributed by atoms with Gasteiger partial charge < -0.3 is 4.90 Å². The van der Waals surface area contributed by atoms with Crippen molar-refractivity contribution in [2.45, 2.75) is 26.3 Å². The Labute approximate surface area is 98.1 Å². The molecule has 0 saturated heterocycles. The number of allylic oxidation sites excluding steroid dienone is 2. The lowest BCUT2D eigenvalue weighted by Crippen LogP contribution is -2.30. The Kier molecular flexibility index (Phi) is 3.14.